The highest BCUT2D eigenvalue weighted by Crippen LogP contribution is 2.16. The summed E-state index contributed by atoms with van der Waals surface area (Å²) in [6.45, 7) is 9.11. The van der Waals surface area contributed by atoms with Crippen molar-refractivity contribution < 1.29 is 4.42 Å². The van der Waals surface area contributed by atoms with Gasteiger partial charge in [-0.25, -0.2) is 0 Å². The van der Waals surface area contributed by atoms with E-state index >= 15 is 0 Å². The molecule has 15 heavy (non-hydrogen) atoms. The first-order chi connectivity index (χ1) is 7.28. The summed E-state index contributed by atoms with van der Waals surface area (Å²) in [5.74, 6) is 0. The Labute approximate surface area is 99.2 Å². The van der Waals surface area contributed by atoms with Gasteiger partial charge in [0.1, 0.15) is 0 Å². The molecule has 0 atom stereocenters. The number of rotatable bonds is 3. The molecule has 0 radical (unpaired) electrons. The van der Waals surface area contributed by atoms with Gasteiger partial charge in [-0.05, 0) is 28.5 Å². The number of nitrogens with zero attached hydrogens (tertiary/aromatic N) is 2. The third-order valence-electron chi connectivity index (χ3n) is 2.94. The topological polar surface area (TPSA) is 19.6 Å². The summed E-state index contributed by atoms with van der Waals surface area (Å²) in [5, 5.41) is 0. The molecule has 3 nitrogen and oxygen atoms in total. The molecular formula is C11H17BrN2O. The van der Waals surface area contributed by atoms with E-state index in [1.54, 1.807) is 0 Å². The first-order valence-electron chi connectivity index (χ1n) is 5.45. The van der Waals surface area contributed by atoms with Crippen molar-refractivity contribution in [2.24, 2.45) is 0 Å². The van der Waals surface area contributed by atoms with Crippen molar-refractivity contribution in [1.29, 1.82) is 0 Å². The Balaban J connectivity index is 1.82. The zero-order valence-corrected chi connectivity index (χ0v) is 10.7. The van der Waals surface area contributed by atoms with Gasteiger partial charge in [-0.15, -0.1) is 0 Å². The highest BCUT2D eigenvalue weighted by molar-refractivity contribution is 9.10. The van der Waals surface area contributed by atoms with Gasteiger partial charge in [-0.1, -0.05) is 6.92 Å². The van der Waals surface area contributed by atoms with Gasteiger partial charge in [0.05, 0.1) is 6.26 Å². The molecule has 2 rings (SSSR count). The SMILES string of the molecule is CCN1CCN(Cc2coc(Br)c2)CC1. The predicted molar refractivity (Wildman–Crippen MR) is 63.8 cm³/mol. The second-order valence-electron chi connectivity index (χ2n) is 3.97. The van der Waals surface area contributed by atoms with Crippen LogP contribution >= 0.6 is 15.9 Å². The smallest absolute Gasteiger partial charge is 0.169 e. The van der Waals surface area contributed by atoms with Crippen LogP contribution in [-0.4, -0.2) is 42.5 Å². The molecule has 0 bridgehead atoms. The summed E-state index contributed by atoms with van der Waals surface area (Å²) in [6.07, 6.45) is 1.83. The molecule has 0 unspecified atom stereocenters. The quantitative estimate of drug-likeness (QED) is 0.841. The molecule has 1 aliphatic rings. The standard InChI is InChI=1S/C11H17BrN2O/c1-2-13-3-5-14(6-4-13)8-10-7-11(12)15-9-10/h7,9H,2-6,8H2,1H3. The zero-order valence-electron chi connectivity index (χ0n) is 9.08. The number of hydrogen-bond acceptors (Lipinski definition) is 3. The van der Waals surface area contributed by atoms with Crippen LogP contribution in [0.25, 0.3) is 0 Å². The average Bonchev–Trinajstić information content (AvgIpc) is 2.65. The molecule has 0 aliphatic carbocycles. The summed E-state index contributed by atoms with van der Waals surface area (Å²) < 4.78 is 6.05. The van der Waals surface area contributed by atoms with E-state index in [0.717, 1.165) is 24.3 Å². The van der Waals surface area contributed by atoms with Crippen molar-refractivity contribution in [2.75, 3.05) is 32.7 Å². The lowest BCUT2D eigenvalue weighted by molar-refractivity contribution is 0.132. The first kappa shape index (κ1) is 11.2. The Bertz CT molecular complexity index is 305. The van der Waals surface area contributed by atoms with Crippen LogP contribution in [0.5, 0.6) is 0 Å². The minimum absolute atomic E-state index is 0.824. The van der Waals surface area contributed by atoms with Crippen molar-refractivity contribution in [3.05, 3.63) is 22.6 Å². The van der Waals surface area contributed by atoms with Crippen LogP contribution in [0, 0.1) is 0 Å². The molecular weight excluding hydrogens is 256 g/mol. The van der Waals surface area contributed by atoms with Crippen LogP contribution in [0.15, 0.2) is 21.4 Å². The first-order valence-corrected chi connectivity index (χ1v) is 6.25. The lowest BCUT2D eigenvalue weighted by atomic mass is 10.2. The number of hydrogen-bond donors (Lipinski definition) is 0. The maximum atomic E-state index is 5.23. The van der Waals surface area contributed by atoms with Gasteiger partial charge in [-0.2, -0.15) is 0 Å². The maximum absolute atomic E-state index is 5.23. The number of halogens is 1. The lowest BCUT2D eigenvalue weighted by Gasteiger charge is -2.33. The van der Waals surface area contributed by atoms with Crippen LogP contribution < -0.4 is 0 Å². The van der Waals surface area contributed by atoms with Crippen LogP contribution in [0.2, 0.25) is 0 Å². The van der Waals surface area contributed by atoms with E-state index in [-0.39, 0.29) is 0 Å². The molecule has 1 aliphatic heterocycles. The molecule has 0 spiro atoms. The van der Waals surface area contributed by atoms with E-state index < -0.39 is 0 Å². The average molecular weight is 273 g/mol. The van der Waals surface area contributed by atoms with E-state index in [2.05, 4.69) is 32.7 Å². The third kappa shape index (κ3) is 3.06. The molecule has 0 aromatic carbocycles. The molecule has 1 aromatic rings. The number of likely N-dealkylation sites (N-methyl/N-ethyl adjacent to an activating group) is 1. The molecule has 0 amide bonds. The molecule has 1 fully saturated rings. The van der Waals surface area contributed by atoms with Crippen molar-refractivity contribution in [3.8, 4) is 0 Å². The Morgan fingerprint density at radius 1 is 1.27 bits per heavy atom. The van der Waals surface area contributed by atoms with E-state index in [1.165, 1.54) is 25.2 Å². The molecule has 0 saturated carbocycles. The Hall–Kier alpha value is -0.320. The van der Waals surface area contributed by atoms with E-state index in [9.17, 15) is 0 Å². The summed E-state index contributed by atoms with van der Waals surface area (Å²) in [5.41, 5.74) is 1.26. The fourth-order valence-electron chi connectivity index (χ4n) is 1.95. The van der Waals surface area contributed by atoms with Gasteiger partial charge in [-0.3, -0.25) is 4.90 Å². The van der Waals surface area contributed by atoms with Crippen molar-refractivity contribution in [1.82, 2.24) is 9.80 Å². The minimum atomic E-state index is 0.824. The summed E-state index contributed by atoms with van der Waals surface area (Å²) in [6, 6.07) is 2.05. The highest BCUT2D eigenvalue weighted by Gasteiger charge is 2.15. The molecule has 1 aromatic heterocycles. The second kappa shape index (κ2) is 5.14. The molecule has 0 N–H and O–H groups in total. The Kier molecular flexibility index (Phi) is 3.83. The fraction of sp³-hybridized carbons (Fsp3) is 0.636. The summed E-state index contributed by atoms with van der Waals surface area (Å²) in [4.78, 5) is 4.96. The second-order valence-corrected chi connectivity index (χ2v) is 4.75. The van der Waals surface area contributed by atoms with Crippen molar-refractivity contribution in [3.63, 3.8) is 0 Å². The van der Waals surface area contributed by atoms with Gasteiger partial charge < -0.3 is 9.32 Å². The maximum Gasteiger partial charge on any atom is 0.169 e. The Morgan fingerprint density at radius 3 is 2.47 bits per heavy atom. The van der Waals surface area contributed by atoms with Crippen LogP contribution in [-0.2, 0) is 6.54 Å². The zero-order chi connectivity index (χ0) is 10.7. The minimum Gasteiger partial charge on any atom is -0.457 e. The normalized spacial score (nSPS) is 19.6. The van der Waals surface area contributed by atoms with Crippen LogP contribution in [0.4, 0.5) is 0 Å². The van der Waals surface area contributed by atoms with Crippen LogP contribution in [0.3, 0.4) is 0 Å². The van der Waals surface area contributed by atoms with Gasteiger partial charge >= 0.3 is 0 Å². The van der Waals surface area contributed by atoms with Gasteiger partial charge in [0, 0.05) is 38.3 Å². The van der Waals surface area contributed by atoms with Crippen molar-refractivity contribution >= 4 is 15.9 Å². The summed E-state index contributed by atoms with van der Waals surface area (Å²) in [7, 11) is 0. The van der Waals surface area contributed by atoms with E-state index in [4.69, 9.17) is 4.42 Å². The summed E-state index contributed by atoms with van der Waals surface area (Å²) >= 11 is 3.32. The molecule has 84 valence electrons. The van der Waals surface area contributed by atoms with E-state index in [1.807, 2.05) is 12.3 Å². The molecule has 1 saturated heterocycles. The monoisotopic (exact) mass is 272 g/mol. The van der Waals surface area contributed by atoms with Gasteiger partial charge in [0.25, 0.3) is 0 Å². The third-order valence-corrected chi connectivity index (χ3v) is 3.36. The highest BCUT2D eigenvalue weighted by atomic mass is 79.9. The molecule has 2 heterocycles. The van der Waals surface area contributed by atoms with Crippen LogP contribution in [0.1, 0.15) is 12.5 Å². The Morgan fingerprint density at radius 2 is 1.93 bits per heavy atom. The molecule has 4 heteroatoms. The number of furan rings is 1. The fourth-order valence-corrected chi connectivity index (χ4v) is 2.34. The van der Waals surface area contributed by atoms with Gasteiger partial charge in [0.2, 0.25) is 0 Å². The van der Waals surface area contributed by atoms with Gasteiger partial charge in [0.15, 0.2) is 4.67 Å². The largest absolute Gasteiger partial charge is 0.457 e. The number of piperazine rings is 1. The predicted octanol–water partition coefficient (Wildman–Crippen LogP) is 2.18. The van der Waals surface area contributed by atoms with Crippen molar-refractivity contribution in [2.45, 2.75) is 13.5 Å². The van der Waals surface area contributed by atoms with E-state index in [0.29, 0.717) is 0 Å². The lowest BCUT2D eigenvalue weighted by Crippen LogP contribution is -2.45.